The maximum atomic E-state index is 2.19. The van der Waals surface area contributed by atoms with Gasteiger partial charge in [0.15, 0.2) is 0 Å². The van der Waals surface area contributed by atoms with Crippen molar-refractivity contribution in [1.82, 2.24) is 0 Å². The van der Waals surface area contributed by atoms with Gasteiger partial charge < -0.3 is 0 Å². The Morgan fingerprint density at radius 1 is 0.765 bits per heavy atom. The van der Waals surface area contributed by atoms with Gasteiger partial charge in [0.2, 0.25) is 0 Å². The van der Waals surface area contributed by atoms with Crippen LogP contribution in [0.1, 0.15) is 52.0 Å². The number of hydrogen-bond acceptors (Lipinski definition) is 1. The highest BCUT2D eigenvalue weighted by Gasteiger charge is 2.01. The number of hydrogen-bond donors (Lipinski definition) is 0. The lowest BCUT2D eigenvalue weighted by Crippen LogP contribution is -1.68. The van der Waals surface area contributed by atoms with Crippen molar-refractivity contribution in [3.8, 4) is 0 Å². The minimum atomic E-state index is 1.41. The van der Waals surface area contributed by atoms with Gasteiger partial charge in [-0.2, -0.15) is 0 Å². The molecule has 2 rings (SSSR count). The Balaban J connectivity index is 0. The Labute approximate surface area is 112 Å². The molecule has 0 unspecified atom stereocenters. The van der Waals surface area contributed by atoms with Crippen molar-refractivity contribution in [3.05, 3.63) is 34.7 Å². The third-order valence-corrected chi connectivity index (χ3v) is 3.27. The Morgan fingerprint density at radius 3 is 1.71 bits per heavy atom. The molecule has 2 aromatic rings. The summed E-state index contributed by atoms with van der Waals surface area (Å²) in [7, 11) is 0. The SMILES string of the molecule is CC.CC.CC.Cc1sc2ccccc2c1C. The number of rotatable bonds is 0. The van der Waals surface area contributed by atoms with Gasteiger partial charge in [-0.15, -0.1) is 11.3 Å². The van der Waals surface area contributed by atoms with Crippen LogP contribution in [0.25, 0.3) is 10.1 Å². The van der Waals surface area contributed by atoms with Gasteiger partial charge in [-0.25, -0.2) is 0 Å². The third kappa shape index (κ3) is 5.36. The van der Waals surface area contributed by atoms with E-state index >= 15 is 0 Å². The fourth-order valence-electron chi connectivity index (χ4n) is 1.30. The Bertz CT molecular complexity index is 385. The van der Waals surface area contributed by atoms with Gasteiger partial charge >= 0.3 is 0 Å². The second kappa shape index (κ2) is 11.7. The van der Waals surface area contributed by atoms with Crippen LogP contribution in [-0.4, -0.2) is 0 Å². The summed E-state index contributed by atoms with van der Waals surface area (Å²) in [5.74, 6) is 0. The summed E-state index contributed by atoms with van der Waals surface area (Å²) in [4.78, 5) is 1.44. The molecule has 0 aliphatic rings. The summed E-state index contributed by atoms with van der Waals surface area (Å²) in [6.07, 6.45) is 0. The molecule has 1 aromatic heterocycles. The first-order valence-corrected chi connectivity index (χ1v) is 7.55. The molecule has 1 aromatic carbocycles. The van der Waals surface area contributed by atoms with E-state index in [1.807, 2.05) is 52.9 Å². The van der Waals surface area contributed by atoms with E-state index in [9.17, 15) is 0 Å². The smallest absolute Gasteiger partial charge is 0.0348 e. The number of aryl methyl sites for hydroxylation is 2. The Morgan fingerprint density at radius 2 is 1.24 bits per heavy atom. The zero-order chi connectivity index (χ0) is 13.8. The molecule has 1 heteroatoms. The molecule has 0 aliphatic carbocycles. The molecule has 0 aliphatic heterocycles. The fourth-order valence-corrected chi connectivity index (χ4v) is 2.37. The zero-order valence-electron chi connectivity index (χ0n) is 12.7. The number of fused-ring (bicyclic) bond motifs is 1. The predicted octanol–water partition coefficient (Wildman–Crippen LogP) is 6.60. The minimum absolute atomic E-state index is 1.41. The van der Waals surface area contributed by atoms with Gasteiger partial charge in [0, 0.05) is 9.58 Å². The lowest BCUT2D eigenvalue weighted by Gasteiger charge is -1.88. The molecule has 0 spiro atoms. The molecule has 17 heavy (non-hydrogen) atoms. The molecule has 0 saturated carbocycles. The fraction of sp³-hybridized carbons (Fsp3) is 0.500. The molecule has 0 radical (unpaired) electrons. The van der Waals surface area contributed by atoms with E-state index in [1.54, 1.807) is 0 Å². The normalized spacial score (nSPS) is 8.00. The van der Waals surface area contributed by atoms with Crippen LogP contribution < -0.4 is 0 Å². The summed E-state index contributed by atoms with van der Waals surface area (Å²) < 4.78 is 1.41. The second-order valence-electron chi connectivity index (χ2n) is 2.78. The molecule has 0 atom stereocenters. The van der Waals surface area contributed by atoms with Crippen molar-refractivity contribution >= 4 is 21.4 Å². The maximum Gasteiger partial charge on any atom is 0.0348 e. The maximum absolute atomic E-state index is 2.19. The lowest BCUT2D eigenvalue weighted by atomic mass is 10.2. The van der Waals surface area contributed by atoms with Crippen LogP contribution in [-0.2, 0) is 0 Å². The number of benzene rings is 1. The first-order chi connectivity index (χ1) is 8.29. The van der Waals surface area contributed by atoms with Crippen LogP contribution in [0, 0.1) is 13.8 Å². The summed E-state index contributed by atoms with van der Waals surface area (Å²) in [5, 5.41) is 1.41. The van der Waals surface area contributed by atoms with Crippen molar-refractivity contribution in [3.63, 3.8) is 0 Å². The van der Waals surface area contributed by atoms with Crippen LogP contribution in [0.5, 0.6) is 0 Å². The highest BCUT2D eigenvalue weighted by Crippen LogP contribution is 2.29. The molecule has 0 N–H and O–H groups in total. The van der Waals surface area contributed by atoms with Gasteiger partial charge in [-0.05, 0) is 30.9 Å². The zero-order valence-corrected chi connectivity index (χ0v) is 13.5. The molecular weight excluding hydrogens is 224 g/mol. The van der Waals surface area contributed by atoms with E-state index in [1.165, 1.54) is 20.5 Å². The predicted molar refractivity (Wildman–Crippen MR) is 85.3 cm³/mol. The van der Waals surface area contributed by atoms with Crippen LogP contribution in [0.4, 0.5) is 0 Å². The Hall–Kier alpha value is -0.820. The highest BCUT2D eigenvalue weighted by molar-refractivity contribution is 7.19. The summed E-state index contributed by atoms with van der Waals surface area (Å²) in [5.41, 5.74) is 1.44. The molecule has 0 fully saturated rings. The summed E-state index contributed by atoms with van der Waals surface area (Å²) in [6, 6.07) is 8.56. The van der Waals surface area contributed by atoms with Crippen LogP contribution >= 0.6 is 11.3 Å². The standard InChI is InChI=1S/C10H10S.3C2H6/c1-7-8(2)11-10-6-4-3-5-9(7)10;3*1-2/h3-6H,1-2H3;3*1-2H3. The topological polar surface area (TPSA) is 0 Å². The van der Waals surface area contributed by atoms with E-state index in [-0.39, 0.29) is 0 Å². The van der Waals surface area contributed by atoms with E-state index in [0.29, 0.717) is 0 Å². The minimum Gasteiger partial charge on any atom is -0.140 e. The van der Waals surface area contributed by atoms with Crippen LogP contribution in [0.2, 0.25) is 0 Å². The molecule has 0 bridgehead atoms. The average Bonchev–Trinajstić information content (AvgIpc) is 2.73. The monoisotopic (exact) mass is 252 g/mol. The molecule has 0 saturated heterocycles. The van der Waals surface area contributed by atoms with Crippen molar-refractivity contribution in [2.75, 3.05) is 0 Å². The number of thiophene rings is 1. The summed E-state index contributed by atoms with van der Waals surface area (Å²) in [6.45, 7) is 16.4. The lowest BCUT2D eigenvalue weighted by molar-refractivity contribution is 1.47. The van der Waals surface area contributed by atoms with Crippen LogP contribution in [0.15, 0.2) is 24.3 Å². The van der Waals surface area contributed by atoms with Crippen molar-refractivity contribution < 1.29 is 0 Å². The van der Waals surface area contributed by atoms with Crippen molar-refractivity contribution in [1.29, 1.82) is 0 Å². The van der Waals surface area contributed by atoms with E-state index in [2.05, 4.69) is 38.1 Å². The highest BCUT2D eigenvalue weighted by atomic mass is 32.1. The van der Waals surface area contributed by atoms with E-state index in [4.69, 9.17) is 0 Å². The molecule has 0 amide bonds. The van der Waals surface area contributed by atoms with Crippen molar-refractivity contribution in [2.45, 2.75) is 55.4 Å². The van der Waals surface area contributed by atoms with E-state index in [0.717, 1.165) is 0 Å². The van der Waals surface area contributed by atoms with Crippen molar-refractivity contribution in [2.24, 2.45) is 0 Å². The van der Waals surface area contributed by atoms with Gasteiger partial charge in [0.05, 0.1) is 0 Å². The first kappa shape index (κ1) is 18.5. The van der Waals surface area contributed by atoms with E-state index < -0.39 is 0 Å². The largest absolute Gasteiger partial charge is 0.140 e. The van der Waals surface area contributed by atoms with Crippen LogP contribution in [0.3, 0.4) is 0 Å². The van der Waals surface area contributed by atoms with Gasteiger partial charge in [-0.3, -0.25) is 0 Å². The van der Waals surface area contributed by atoms with Gasteiger partial charge in [0.1, 0.15) is 0 Å². The second-order valence-corrected chi connectivity index (χ2v) is 4.04. The van der Waals surface area contributed by atoms with Gasteiger partial charge in [-0.1, -0.05) is 59.7 Å². The quantitative estimate of drug-likeness (QED) is 0.495. The average molecular weight is 252 g/mol. The van der Waals surface area contributed by atoms with Gasteiger partial charge in [0.25, 0.3) is 0 Å². The Kier molecular flexibility index (Phi) is 12.7. The molecular formula is C16H28S. The molecule has 98 valence electrons. The molecule has 1 heterocycles. The molecule has 0 nitrogen and oxygen atoms in total. The third-order valence-electron chi connectivity index (χ3n) is 2.08. The summed E-state index contributed by atoms with van der Waals surface area (Å²) >= 11 is 1.88. The first-order valence-electron chi connectivity index (χ1n) is 6.74.